The molecule has 0 bridgehead atoms. The molecule has 0 saturated carbocycles. The van der Waals surface area contributed by atoms with Crippen molar-refractivity contribution in [2.75, 3.05) is 0 Å². The second-order valence-electron chi connectivity index (χ2n) is 18.2. The molecule has 0 radical (unpaired) electrons. The summed E-state index contributed by atoms with van der Waals surface area (Å²) in [6.45, 7) is 4.56. The van der Waals surface area contributed by atoms with Gasteiger partial charge < -0.3 is 0 Å². The van der Waals surface area contributed by atoms with Crippen molar-refractivity contribution in [3.05, 3.63) is 82.9 Å². The van der Waals surface area contributed by atoms with E-state index in [0.29, 0.717) is 0 Å². The van der Waals surface area contributed by atoms with Gasteiger partial charge in [-0.15, -0.1) is 22.7 Å². The maximum absolute atomic E-state index is 9.98. The molecule has 0 atom stereocenters. The molecule has 0 unspecified atom stereocenters. The van der Waals surface area contributed by atoms with E-state index < -0.39 is 0 Å². The zero-order valence-electron chi connectivity index (χ0n) is 39.5. The number of benzene rings is 3. The van der Waals surface area contributed by atoms with E-state index in [9.17, 15) is 10.5 Å². The monoisotopic (exact) mass is 952 g/mol. The van der Waals surface area contributed by atoms with E-state index in [1.165, 1.54) is 164 Å². The van der Waals surface area contributed by atoms with Crippen LogP contribution in [0.4, 0.5) is 11.4 Å². The number of thiophene rings is 2. The lowest BCUT2D eigenvalue weighted by atomic mass is 9.98. The SMILES string of the molecule is CCCCCCCCCCCCCCc1cc(-c2ccc(-c3c4c(c(-c5ccc(-c6ccc(C#N)c(CCCCCCCCCCCCCC)c6)s5)c5nsnc35)N=S=N4)s2)ccc1C#N. The van der Waals surface area contributed by atoms with Gasteiger partial charge in [0.25, 0.3) is 0 Å². The molecule has 0 aliphatic carbocycles. The van der Waals surface area contributed by atoms with Crippen LogP contribution in [0.15, 0.2) is 69.4 Å². The van der Waals surface area contributed by atoms with E-state index in [4.69, 9.17) is 17.5 Å². The van der Waals surface area contributed by atoms with Crippen molar-refractivity contribution in [2.24, 2.45) is 8.73 Å². The lowest BCUT2D eigenvalue weighted by Gasteiger charge is -2.10. The standard InChI is InChI=1S/C56H68N6S4/c1-3-5-7-9-11-13-15-17-19-21-23-25-27-41-37-43(29-31-45(41)39-57)47-33-35-49(63-47)51-53-55(61-65-59-53)52(56-54(51)60-66-62-56)50-36-34-48(64-50)44-30-32-46(40-58)42(38-44)28-26-24-22-20-18-16-14-12-10-8-6-4-2/h29-38H,3-28H2,1-2H3. The van der Waals surface area contributed by atoms with Crippen LogP contribution in [-0.4, -0.2) is 8.75 Å². The number of aryl methyl sites for hydroxylation is 2. The fourth-order valence-corrected chi connectivity index (χ4v) is 12.6. The van der Waals surface area contributed by atoms with Crippen LogP contribution in [0.2, 0.25) is 0 Å². The van der Waals surface area contributed by atoms with Gasteiger partial charge in [0.05, 0.1) is 46.3 Å². The summed E-state index contributed by atoms with van der Waals surface area (Å²) in [6.07, 6.45) is 33.6. The summed E-state index contributed by atoms with van der Waals surface area (Å²) in [5, 5.41) is 20.0. The first-order valence-electron chi connectivity index (χ1n) is 25.3. The average molecular weight is 953 g/mol. The Morgan fingerprint density at radius 3 is 1.14 bits per heavy atom. The summed E-state index contributed by atoms with van der Waals surface area (Å²) in [6, 6.07) is 26.3. The highest BCUT2D eigenvalue weighted by atomic mass is 32.1. The average Bonchev–Trinajstić information content (AvgIpc) is 4.20. The van der Waals surface area contributed by atoms with Gasteiger partial charge >= 0.3 is 0 Å². The minimum absolute atomic E-state index is 0.783. The number of aromatic nitrogens is 2. The Balaban J connectivity index is 0.990. The Kier molecular flexibility index (Phi) is 20.2. The first kappa shape index (κ1) is 49.6. The van der Waals surface area contributed by atoms with Gasteiger partial charge in [-0.2, -0.15) is 28.0 Å². The summed E-state index contributed by atoms with van der Waals surface area (Å²) in [7, 11) is 0. The summed E-state index contributed by atoms with van der Waals surface area (Å²) in [4.78, 5) is 4.49. The summed E-state index contributed by atoms with van der Waals surface area (Å²) >= 11 is 5.95. The molecular formula is C56H68N6S4. The molecule has 0 N–H and O–H groups in total. The van der Waals surface area contributed by atoms with Crippen LogP contribution in [-0.2, 0) is 24.2 Å². The molecule has 3 aromatic heterocycles. The second kappa shape index (κ2) is 26.9. The van der Waals surface area contributed by atoms with Crippen molar-refractivity contribution >= 4 is 68.2 Å². The molecule has 6 nitrogen and oxygen atoms in total. The molecule has 346 valence electrons. The van der Waals surface area contributed by atoms with Crippen molar-refractivity contribution in [1.29, 1.82) is 10.5 Å². The van der Waals surface area contributed by atoms with Crippen LogP contribution in [0.25, 0.3) is 52.8 Å². The van der Waals surface area contributed by atoms with Crippen LogP contribution < -0.4 is 0 Å². The highest BCUT2D eigenvalue weighted by molar-refractivity contribution is 7.58. The second-order valence-corrected chi connectivity index (χ2v) is 21.5. The number of hydrogen-bond donors (Lipinski definition) is 0. The molecule has 66 heavy (non-hydrogen) atoms. The molecule has 0 fully saturated rings. The Hall–Kier alpha value is -4.32. The fraction of sp³-hybridized carbons (Fsp3) is 0.500. The van der Waals surface area contributed by atoms with E-state index in [1.807, 2.05) is 12.1 Å². The highest BCUT2D eigenvalue weighted by Gasteiger charge is 2.28. The molecular weight excluding hydrogens is 885 g/mol. The minimum atomic E-state index is 0.783. The fourth-order valence-electron chi connectivity index (χ4n) is 9.42. The summed E-state index contributed by atoms with van der Waals surface area (Å²) < 4.78 is 19.6. The highest BCUT2D eigenvalue weighted by Crippen LogP contribution is 2.54. The lowest BCUT2D eigenvalue weighted by Crippen LogP contribution is -1.92. The number of unbranched alkanes of at least 4 members (excludes halogenated alkanes) is 22. The van der Waals surface area contributed by atoms with Crippen molar-refractivity contribution in [1.82, 2.24) is 8.75 Å². The Morgan fingerprint density at radius 2 is 0.773 bits per heavy atom. The molecule has 7 rings (SSSR count). The molecule has 1 aliphatic heterocycles. The van der Waals surface area contributed by atoms with E-state index >= 15 is 0 Å². The zero-order chi connectivity index (χ0) is 45.8. The third-order valence-electron chi connectivity index (χ3n) is 13.2. The molecule has 6 aromatic rings. The molecule has 0 spiro atoms. The summed E-state index contributed by atoms with van der Waals surface area (Å²) in [5.41, 5.74) is 11.5. The first-order chi connectivity index (χ1) is 32.6. The Labute approximate surface area is 411 Å². The van der Waals surface area contributed by atoms with Crippen LogP contribution in [0, 0.1) is 22.7 Å². The van der Waals surface area contributed by atoms with Crippen molar-refractivity contribution in [3.63, 3.8) is 0 Å². The molecule has 0 saturated heterocycles. The van der Waals surface area contributed by atoms with E-state index in [2.05, 4.69) is 74.5 Å². The van der Waals surface area contributed by atoms with Crippen LogP contribution in [0.3, 0.4) is 0 Å². The number of fused-ring (bicyclic) bond motifs is 2. The largest absolute Gasteiger partial charge is 0.192 e. The maximum Gasteiger partial charge on any atom is 0.116 e. The summed E-state index contributed by atoms with van der Waals surface area (Å²) in [5.74, 6) is 0. The van der Waals surface area contributed by atoms with Gasteiger partial charge in [0.1, 0.15) is 22.4 Å². The molecule has 1 aliphatic rings. The lowest BCUT2D eigenvalue weighted by molar-refractivity contribution is 0.544. The van der Waals surface area contributed by atoms with Crippen LogP contribution in [0.5, 0.6) is 0 Å². The maximum atomic E-state index is 9.98. The Bertz CT molecular complexity index is 2460. The topological polar surface area (TPSA) is 98.1 Å². The van der Waals surface area contributed by atoms with Gasteiger partial charge in [0.2, 0.25) is 0 Å². The van der Waals surface area contributed by atoms with Crippen molar-refractivity contribution < 1.29 is 0 Å². The van der Waals surface area contributed by atoms with Gasteiger partial charge in [-0.1, -0.05) is 167 Å². The predicted molar refractivity (Wildman–Crippen MR) is 285 cm³/mol. The van der Waals surface area contributed by atoms with Gasteiger partial charge in [0.15, 0.2) is 0 Å². The zero-order valence-corrected chi connectivity index (χ0v) is 42.7. The first-order valence-corrected chi connectivity index (χ1v) is 28.4. The predicted octanol–water partition coefficient (Wildman–Crippen LogP) is 19.4. The number of nitriles is 2. The van der Waals surface area contributed by atoms with Crippen molar-refractivity contribution in [3.8, 4) is 53.9 Å². The van der Waals surface area contributed by atoms with Gasteiger partial charge in [-0.3, -0.25) is 0 Å². The molecule has 3 aromatic carbocycles. The third-order valence-corrected chi connectivity index (χ3v) is 16.6. The van der Waals surface area contributed by atoms with Gasteiger partial charge in [0, 0.05) is 30.6 Å². The van der Waals surface area contributed by atoms with E-state index in [0.717, 1.165) is 112 Å². The molecule has 4 heterocycles. The number of nitrogens with zero attached hydrogens (tertiary/aromatic N) is 6. The minimum Gasteiger partial charge on any atom is -0.192 e. The Morgan fingerprint density at radius 1 is 0.424 bits per heavy atom. The van der Waals surface area contributed by atoms with E-state index in [1.54, 1.807) is 22.7 Å². The quantitative estimate of drug-likeness (QED) is 0.0419. The molecule has 0 amide bonds. The normalized spacial score (nSPS) is 11.9. The number of hydrogen-bond acceptors (Lipinski definition) is 9. The smallest absolute Gasteiger partial charge is 0.116 e. The van der Waals surface area contributed by atoms with Crippen molar-refractivity contribution in [2.45, 2.75) is 181 Å². The number of rotatable bonds is 30. The van der Waals surface area contributed by atoms with Gasteiger partial charge in [-0.05, 0) is 96.5 Å². The molecule has 10 heteroatoms. The van der Waals surface area contributed by atoms with Crippen LogP contribution in [0.1, 0.15) is 190 Å². The third kappa shape index (κ3) is 13.4. The van der Waals surface area contributed by atoms with Gasteiger partial charge in [-0.25, -0.2) is 0 Å². The van der Waals surface area contributed by atoms with E-state index in [-0.39, 0.29) is 0 Å². The van der Waals surface area contributed by atoms with Crippen LogP contribution >= 0.6 is 34.4 Å².